The summed E-state index contributed by atoms with van der Waals surface area (Å²) in [4.78, 5) is 31.0. The van der Waals surface area contributed by atoms with Gasteiger partial charge in [-0.3, -0.25) is 9.80 Å². The normalized spacial score (nSPS) is 19.7. The quantitative estimate of drug-likeness (QED) is 0.805. The number of rotatable bonds is 5. The van der Waals surface area contributed by atoms with Crippen LogP contribution in [0.25, 0.3) is 0 Å². The summed E-state index contributed by atoms with van der Waals surface area (Å²) in [5.41, 5.74) is 0.916. The Hall–Kier alpha value is -3.42. The molecule has 0 aliphatic carbocycles. The van der Waals surface area contributed by atoms with Gasteiger partial charge in [0, 0.05) is 31.7 Å². The number of pyridine rings is 1. The lowest BCUT2D eigenvalue weighted by molar-refractivity contribution is -0.138. The largest absolute Gasteiger partial charge is 0.480 e. The molecule has 2 aromatic rings. The molecule has 1 unspecified atom stereocenters. The molecule has 1 amide bonds. The van der Waals surface area contributed by atoms with Gasteiger partial charge in [0.15, 0.2) is 6.04 Å². The van der Waals surface area contributed by atoms with Gasteiger partial charge in [0.2, 0.25) is 0 Å². The van der Waals surface area contributed by atoms with Crippen molar-refractivity contribution in [2.24, 2.45) is 5.10 Å². The number of carboxylic acids is 1. The molecule has 1 aromatic heterocycles. The molecule has 2 N–H and O–H groups in total. The topological polar surface area (TPSA) is 98.1 Å². The number of hydrazone groups is 1. The lowest BCUT2D eigenvalue weighted by Crippen LogP contribution is -2.46. The molecule has 3 heterocycles. The Bertz CT molecular complexity index is 895. The van der Waals surface area contributed by atoms with Gasteiger partial charge in [-0.05, 0) is 37.1 Å². The van der Waals surface area contributed by atoms with Crippen molar-refractivity contribution in [1.82, 2.24) is 10.3 Å². The van der Waals surface area contributed by atoms with Gasteiger partial charge in [-0.25, -0.2) is 9.78 Å². The van der Waals surface area contributed by atoms with Gasteiger partial charge >= 0.3 is 5.97 Å². The van der Waals surface area contributed by atoms with Gasteiger partial charge in [0.05, 0.1) is 5.69 Å². The van der Waals surface area contributed by atoms with Crippen LogP contribution in [0.5, 0.6) is 0 Å². The number of aromatic nitrogens is 1. The van der Waals surface area contributed by atoms with Gasteiger partial charge in [-0.2, -0.15) is 5.10 Å². The maximum Gasteiger partial charge on any atom is 0.328 e. The van der Waals surface area contributed by atoms with Gasteiger partial charge in [-0.1, -0.05) is 24.3 Å². The number of amides is 1. The molecule has 2 aliphatic rings. The molecule has 1 fully saturated rings. The van der Waals surface area contributed by atoms with Crippen LogP contribution in [-0.2, 0) is 9.59 Å². The summed E-state index contributed by atoms with van der Waals surface area (Å²) in [6.07, 6.45) is 3.47. The molecule has 1 aromatic carbocycles. The zero-order chi connectivity index (χ0) is 20.2. The lowest BCUT2D eigenvalue weighted by atomic mass is 10.0. The number of benzene rings is 1. The molecule has 8 nitrogen and oxygen atoms in total. The van der Waals surface area contributed by atoms with Crippen LogP contribution in [0.15, 0.2) is 59.8 Å². The number of anilines is 2. The summed E-state index contributed by atoms with van der Waals surface area (Å²) in [5, 5.41) is 18.3. The van der Waals surface area contributed by atoms with Crippen molar-refractivity contribution in [2.75, 3.05) is 23.0 Å². The number of hydrogen-bond acceptors (Lipinski definition) is 6. The highest BCUT2D eigenvalue weighted by Crippen LogP contribution is 2.25. The van der Waals surface area contributed by atoms with Gasteiger partial charge in [0.1, 0.15) is 11.5 Å². The van der Waals surface area contributed by atoms with Crippen molar-refractivity contribution in [2.45, 2.75) is 31.3 Å². The number of carbonyl (C=O) groups excluding carboxylic acids is 1. The minimum Gasteiger partial charge on any atom is -0.480 e. The lowest BCUT2D eigenvalue weighted by Gasteiger charge is -2.33. The monoisotopic (exact) mass is 393 g/mol. The third-order valence-electron chi connectivity index (χ3n) is 5.28. The first kappa shape index (κ1) is 18.9. The summed E-state index contributed by atoms with van der Waals surface area (Å²) < 4.78 is 0. The van der Waals surface area contributed by atoms with E-state index in [9.17, 15) is 14.7 Å². The Balaban J connectivity index is 1.38. The number of piperidine rings is 1. The minimum absolute atomic E-state index is 0.0409. The molecule has 4 rings (SSSR count). The molecule has 2 aliphatic heterocycles. The highest BCUT2D eigenvalue weighted by molar-refractivity contribution is 6.40. The molecule has 0 saturated carbocycles. The molecular weight excluding hydrogens is 370 g/mol. The molecule has 1 saturated heterocycles. The number of hydrogen-bond donors (Lipinski definition) is 2. The van der Waals surface area contributed by atoms with E-state index in [1.807, 2.05) is 36.4 Å². The Kier molecular flexibility index (Phi) is 5.41. The fourth-order valence-corrected chi connectivity index (χ4v) is 3.72. The fourth-order valence-electron chi connectivity index (χ4n) is 3.72. The van der Waals surface area contributed by atoms with Crippen molar-refractivity contribution in [3.05, 3.63) is 54.7 Å². The van der Waals surface area contributed by atoms with E-state index in [4.69, 9.17) is 0 Å². The van der Waals surface area contributed by atoms with E-state index in [0.717, 1.165) is 31.7 Å². The predicted molar refractivity (Wildman–Crippen MR) is 110 cm³/mol. The van der Waals surface area contributed by atoms with E-state index < -0.39 is 12.0 Å². The summed E-state index contributed by atoms with van der Waals surface area (Å²) in [5.74, 6) is -0.338. The van der Waals surface area contributed by atoms with Crippen LogP contribution in [0.2, 0.25) is 0 Å². The second-order valence-corrected chi connectivity index (χ2v) is 7.21. The third-order valence-corrected chi connectivity index (χ3v) is 5.28. The van der Waals surface area contributed by atoms with E-state index >= 15 is 0 Å². The smallest absolute Gasteiger partial charge is 0.328 e. The second kappa shape index (κ2) is 8.30. The number of nitrogens with one attached hydrogen (secondary N) is 1. The molecule has 1 atom stereocenters. The SMILES string of the molecule is O=C(NC1CCN(c2ccccn2)CC1)C1=NN(c2ccccc2)C(C(=O)O)C1. The van der Waals surface area contributed by atoms with Gasteiger partial charge in [0.25, 0.3) is 5.91 Å². The summed E-state index contributed by atoms with van der Waals surface area (Å²) in [7, 11) is 0. The Labute approximate surface area is 168 Å². The molecule has 29 heavy (non-hydrogen) atoms. The fraction of sp³-hybridized carbons (Fsp3) is 0.333. The number of carbonyl (C=O) groups is 2. The Morgan fingerprint density at radius 1 is 1.03 bits per heavy atom. The molecule has 0 bridgehead atoms. The van der Waals surface area contributed by atoms with Gasteiger partial charge < -0.3 is 15.3 Å². The van der Waals surface area contributed by atoms with Crippen molar-refractivity contribution in [3.8, 4) is 0 Å². The van der Waals surface area contributed by atoms with Crippen LogP contribution in [-0.4, -0.2) is 52.9 Å². The first-order valence-corrected chi connectivity index (χ1v) is 9.73. The standard InChI is InChI=1S/C21H23N5O3/c27-20(23-15-9-12-25(13-10-15)19-8-4-5-11-22-19)17-14-18(21(28)29)26(24-17)16-6-2-1-3-7-16/h1-8,11,15,18H,9-10,12-14H2,(H,23,27)(H,28,29). The predicted octanol–water partition coefficient (Wildman–Crippen LogP) is 1.89. The van der Waals surface area contributed by atoms with Gasteiger partial charge in [-0.15, -0.1) is 0 Å². The summed E-state index contributed by atoms with van der Waals surface area (Å²) in [6.45, 7) is 1.62. The Morgan fingerprint density at radius 3 is 2.41 bits per heavy atom. The van der Waals surface area contributed by atoms with Crippen molar-refractivity contribution >= 4 is 29.1 Å². The van der Waals surface area contributed by atoms with Crippen molar-refractivity contribution < 1.29 is 14.7 Å². The third kappa shape index (κ3) is 4.21. The van der Waals surface area contributed by atoms with E-state index in [2.05, 4.69) is 20.3 Å². The molecule has 0 radical (unpaired) electrons. The summed E-state index contributed by atoms with van der Waals surface area (Å²) in [6, 6.07) is 14.1. The average molecular weight is 393 g/mol. The van der Waals surface area contributed by atoms with E-state index in [1.54, 1.807) is 18.3 Å². The maximum atomic E-state index is 12.7. The molecule has 8 heteroatoms. The minimum atomic E-state index is -0.996. The van der Waals surface area contributed by atoms with E-state index in [-0.39, 0.29) is 24.1 Å². The number of nitrogens with zero attached hydrogens (tertiary/aromatic N) is 4. The van der Waals surface area contributed by atoms with Crippen LogP contribution in [0, 0.1) is 0 Å². The first-order valence-electron chi connectivity index (χ1n) is 9.73. The zero-order valence-electron chi connectivity index (χ0n) is 15.9. The number of carboxylic acid groups (broad SMARTS) is 1. The summed E-state index contributed by atoms with van der Waals surface area (Å²) >= 11 is 0. The van der Waals surface area contributed by atoms with Crippen LogP contribution in [0.1, 0.15) is 19.3 Å². The van der Waals surface area contributed by atoms with Crippen LogP contribution in [0.3, 0.4) is 0 Å². The average Bonchev–Trinajstić information content (AvgIpc) is 3.22. The highest BCUT2D eigenvalue weighted by Gasteiger charge is 2.36. The van der Waals surface area contributed by atoms with E-state index in [1.165, 1.54) is 5.01 Å². The number of aliphatic carboxylic acids is 1. The van der Waals surface area contributed by atoms with Crippen LogP contribution >= 0.6 is 0 Å². The molecular formula is C21H23N5O3. The molecule has 150 valence electrons. The maximum absolute atomic E-state index is 12.7. The van der Waals surface area contributed by atoms with Crippen molar-refractivity contribution in [1.29, 1.82) is 0 Å². The Morgan fingerprint density at radius 2 is 1.76 bits per heavy atom. The molecule has 0 spiro atoms. The highest BCUT2D eigenvalue weighted by atomic mass is 16.4. The van der Waals surface area contributed by atoms with Crippen LogP contribution < -0.4 is 15.2 Å². The number of para-hydroxylation sites is 1. The van der Waals surface area contributed by atoms with Crippen LogP contribution in [0.4, 0.5) is 11.5 Å². The van der Waals surface area contributed by atoms with Crippen molar-refractivity contribution in [3.63, 3.8) is 0 Å². The second-order valence-electron chi connectivity index (χ2n) is 7.21. The van der Waals surface area contributed by atoms with E-state index in [0.29, 0.717) is 5.69 Å². The first-order chi connectivity index (χ1) is 14.1. The zero-order valence-corrected chi connectivity index (χ0v) is 15.9.